The number of hydrogen-bond acceptors (Lipinski definition) is 4. The molecule has 2 aromatic carbocycles. The Morgan fingerprint density at radius 3 is 2.68 bits per heavy atom. The second-order valence-corrected chi connectivity index (χ2v) is 6.84. The average molecular weight is 422 g/mol. The number of halogens is 2. The van der Waals surface area contributed by atoms with Crippen molar-refractivity contribution in [3.8, 4) is 5.75 Å². The van der Waals surface area contributed by atoms with Crippen LogP contribution in [0.1, 0.15) is 30.4 Å². The zero-order chi connectivity index (χ0) is 20.0. The summed E-state index contributed by atoms with van der Waals surface area (Å²) >= 11 is 11.3. The molecule has 0 aliphatic carbocycles. The minimum absolute atomic E-state index is 0.232. The third-order valence-corrected chi connectivity index (χ3v) is 4.59. The van der Waals surface area contributed by atoms with Gasteiger partial charge in [-0.15, -0.1) is 0 Å². The summed E-state index contributed by atoms with van der Waals surface area (Å²) in [6.45, 7) is 1.79. The van der Waals surface area contributed by atoms with E-state index in [1.54, 1.807) is 0 Å². The van der Waals surface area contributed by atoms with Crippen LogP contribution in [-0.4, -0.2) is 25.7 Å². The van der Waals surface area contributed by atoms with E-state index < -0.39 is 5.97 Å². The molecular formula is C22H25Cl2NO3. The van der Waals surface area contributed by atoms with Gasteiger partial charge in [-0.05, 0) is 48.6 Å². The Bertz CT molecular complexity index is 751. The number of carbonyl (C=O) groups excluding carboxylic acids is 1. The van der Waals surface area contributed by atoms with Crippen molar-refractivity contribution in [2.45, 2.75) is 25.7 Å². The van der Waals surface area contributed by atoms with Crippen molar-refractivity contribution in [2.24, 2.45) is 0 Å². The van der Waals surface area contributed by atoms with Crippen LogP contribution in [0.15, 0.2) is 54.6 Å². The van der Waals surface area contributed by atoms with Gasteiger partial charge in [0.1, 0.15) is 17.6 Å². The third-order valence-electron chi connectivity index (χ3n) is 4.09. The molecule has 0 aliphatic rings. The van der Waals surface area contributed by atoms with E-state index in [-0.39, 0.29) is 6.42 Å². The van der Waals surface area contributed by atoms with Gasteiger partial charge in [0.05, 0.1) is 18.1 Å². The number of carbonyl (C=O) groups is 1. The molecule has 150 valence electrons. The van der Waals surface area contributed by atoms with Crippen molar-refractivity contribution in [1.29, 1.82) is 0 Å². The second kappa shape index (κ2) is 13.2. The van der Waals surface area contributed by atoms with Gasteiger partial charge in [-0.25, -0.2) is 0 Å². The van der Waals surface area contributed by atoms with E-state index in [2.05, 4.69) is 33.9 Å². The molecule has 0 bridgehead atoms. The van der Waals surface area contributed by atoms with E-state index in [0.29, 0.717) is 24.7 Å². The third kappa shape index (κ3) is 8.79. The lowest BCUT2D eigenvalue weighted by atomic mass is 10.1. The lowest BCUT2D eigenvalue weighted by Crippen LogP contribution is -2.18. The predicted octanol–water partition coefficient (Wildman–Crippen LogP) is 5.43. The number of nitrogens with one attached hydrogen (secondary N) is 1. The molecule has 28 heavy (non-hydrogen) atoms. The van der Waals surface area contributed by atoms with Gasteiger partial charge in [-0.3, -0.25) is 4.79 Å². The Morgan fingerprint density at radius 2 is 1.93 bits per heavy atom. The molecule has 0 saturated carbocycles. The number of benzene rings is 2. The predicted molar refractivity (Wildman–Crippen MR) is 115 cm³/mol. The van der Waals surface area contributed by atoms with E-state index in [9.17, 15) is 4.79 Å². The number of hydrogen-bond donors (Lipinski definition) is 1. The Morgan fingerprint density at radius 1 is 1.11 bits per heavy atom. The van der Waals surface area contributed by atoms with Crippen LogP contribution in [0.4, 0.5) is 0 Å². The highest BCUT2D eigenvalue weighted by molar-refractivity contribution is 6.32. The first-order valence-electron chi connectivity index (χ1n) is 9.34. The summed E-state index contributed by atoms with van der Waals surface area (Å²) in [7, 11) is 0. The molecule has 0 fully saturated rings. The van der Waals surface area contributed by atoms with Crippen LogP contribution in [0, 0.1) is 0 Å². The lowest BCUT2D eigenvalue weighted by molar-refractivity contribution is -0.133. The fourth-order valence-electron chi connectivity index (χ4n) is 2.60. The maximum Gasteiger partial charge on any atom is 0.326 e. The van der Waals surface area contributed by atoms with Crippen molar-refractivity contribution in [1.82, 2.24) is 5.32 Å². The minimum atomic E-state index is -0.447. The zero-order valence-corrected chi connectivity index (χ0v) is 17.2. The van der Waals surface area contributed by atoms with Crippen LogP contribution in [0.2, 0.25) is 5.02 Å². The molecule has 0 amide bonds. The van der Waals surface area contributed by atoms with E-state index in [4.69, 9.17) is 28.2 Å². The molecule has 1 N–H and O–H groups in total. The topological polar surface area (TPSA) is 47.6 Å². The fourth-order valence-corrected chi connectivity index (χ4v) is 2.91. The summed E-state index contributed by atoms with van der Waals surface area (Å²) in [6.07, 6.45) is 7.26. The van der Waals surface area contributed by atoms with Gasteiger partial charge in [-0.1, -0.05) is 54.1 Å². The van der Waals surface area contributed by atoms with Gasteiger partial charge in [0.15, 0.2) is 0 Å². The molecule has 0 spiro atoms. The van der Waals surface area contributed by atoms with Crippen LogP contribution in [0.5, 0.6) is 5.75 Å². The van der Waals surface area contributed by atoms with Gasteiger partial charge in [0.25, 0.3) is 0 Å². The zero-order valence-electron chi connectivity index (χ0n) is 15.7. The van der Waals surface area contributed by atoms with E-state index in [0.717, 1.165) is 30.6 Å². The van der Waals surface area contributed by atoms with Crippen LogP contribution < -0.4 is 10.1 Å². The van der Waals surface area contributed by atoms with Crippen molar-refractivity contribution in [3.05, 3.63) is 70.8 Å². The summed E-state index contributed by atoms with van der Waals surface area (Å²) in [5.41, 5.74) is 2.27. The van der Waals surface area contributed by atoms with Crippen LogP contribution in [-0.2, 0) is 15.5 Å². The first-order chi connectivity index (χ1) is 13.7. The standard InChI is InChI=1S/C22H25Cl2NO3/c23-21-17-20(27-16-5-4-9-18-7-2-1-3-8-18)12-11-19(21)10-6-14-25-15-13-22(26)28-24/h1-3,6-8,10-12,17,25H,4-5,9,13-16H2/b10-6+. The van der Waals surface area contributed by atoms with Crippen LogP contribution in [0.25, 0.3) is 6.08 Å². The Balaban J connectivity index is 1.65. The van der Waals surface area contributed by atoms with Crippen LogP contribution >= 0.6 is 23.5 Å². The molecular weight excluding hydrogens is 397 g/mol. The SMILES string of the molecule is O=C(CCNC/C=C/c1ccc(OCCCCc2ccccc2)cc1Cl)OCl. The smallest absolute Gasteiger partial charge is 0.326 e. The summed E-state index contributed by atoms with van der Waals surface area (Å²) < 4.78 is 9.86. The summed E-state index contributed by atoms with van der Waals surface area (Å²) in [5, 5.41) is 3.73. The van der Waals surface area contributed by atoms with Gasteiger partial charge in [-0.2, -0.15) is 0 Å². The maximum absolute atomic E-state index is 10.9. The van der Waals surface area contributed by atoms with Crippen molar-refractivity contribution in [2.75, 3.05) is 19.7 Å². The average Bonchev–Trinajstić information content (AvgIpc) is 2.72. The molecule has 0 radical (unpaired) electrons. The number of rotatable bonds is 12. The van der Waals surface area contributed by atoms with Crippen molar-refractivity contribution >= 4 is 35.5 Å². The number of aryl methyl sites for hydroxylation is 1. The van der Waals surface area contributed by atoms with Gasteiger partial charge < -0.3 is 14.3 Å². The van der Waals surface area contributed by atoms with E-state index in [1.807, 2.05) is 36.4 Å². The number of ether oxygens (including phenoxy) is 1. The highest BCUT2D eigenvalue weighted by atomic mass is 35.5. The Labute approximate surface area is 176 Å². The second-order valence-electron chi connectivity index (χ2n) is 6.28. The summed E-state index contributed by atoms with van der Waals surface area (Å²) in [5.74, 6) is 0.330. The van der Waals surface area contributed by atoms with Crippen LogP contribution in [0.3, 0.4) is 0 Å². The molecule has 4 nitrogen and oxygen atoms in total. The molecule has 6 heteroatoms. The monoisotopic (exact) mass is 421 g/mol. The molecule has 0 aliphatic heterocycles. The molecule has 0 aromatic heterocycles. The number of unbranched alkanes of at least 4 members (excludes halogenated alkanes) is 1. The lowest BCUT2D eigenvalue weighted by Gasteiger charge is -2.08. The molecule has 0 atom stereocenters. The first-order valence-corrected chi connectivity index (χ1v) is 10.0. The molecule has 0 unspecified atom stereocenters. The fraction of sp³-hybridized carbons (Fsp3) is 0.318. The summed E-state index contributed by atoms with van der Waals surface area (Å²) in [6, 6.07) is 16.2. The highest BCUT2D eigenvalue weighted by Crippen LogP contribution is 2.24. The molecule has 0 heterocycles. The van der Waals surface area contributed by atoms with Gasteiger partial charge in [0, 0.05) is 13.1 Å². The van der Waals surface area contributed by atoms with Crippen molar-refractivity contribution in [3.63, 3.8) is 0 Å². The quantitative estimate of drug-likeness (QED) is 0.464. The normalized spacial score (nSPS) is 10.9. The largest absolute Gasteiger partial charge is 0.494 e. The van der Waals surface area contributed by atoms with Gasteiger partial charge in [0.2, 0.25) is 0 Å². The molecule has 0 saturated heterocycles. The summed E-state index contributed by atoms with van der Waals surface area (Å²) in [4.78, 5) is 10.9. The Hall–Kier alpha value is -2.01. The highest BCUT2D eigenvalue weighted by Gasteiger charge is 2.02. The first kappa shape index (κ1) is 22.3. The molecule has 2 rings (SSSR count). The minimum Gasteiger partial charge on any atom is -0.494 e. The Kier molecular flexibility index (Phi) is 10.5. The van der Waals surface area contributed by atoms with Crippen molar-refractivity contribution < 1.29 is 13.8 Å². The van der Waals surface area contributed by atoms with E-state index in [1.165, 1.54) is 5.56 Å². The maximum atomic E-state index is 10.9. The van der Waals surface area contributed by atoms with E-state index >= 15 is 0 Å². The molecule has 2 aromatic rings. The van der Waals surface area contributed by atoms with Gasteiger partial charge >= 0.3 is 5.97 Å².